The van der Waals surface area contributed by atoms with Gasteiger partial charge in [-0.1, -0.05) is 31.0 Å². The van der Waals surface area contributed by atoms with Gasteiger partial charge in [0.05, 0.1) is 5.56 Å². The first-order chi connectivity index (χ1) is 11.8. The molecule has 1 fully saturated rings. The fourth-order valence-corrected chi connectivity index (χ4v) is 3.07. The summed E-state index contributed by atoms with van der Waals surface area (Å²) in [5.74, 6) is 0.669. The van der Waals surface area contributed by atoms with Crippen molar-refractivity contribution in [3.8, 4) is 0 Å². The van der Waals surface area contributed by atoms with Gasteiger partial charge in [0.2, 0.25) is 5.95 Å². The van der Waals surface area contributed by atoms with Crippen molar-refractivity contribution in [3.05, 3.63) is 48.3 Å². The molecule has 1 aromatic carbocycles. The first-order valence-electron chi connectivity index (χ1n) is 8.73. The summed E-state index contributed by atoms with van der Waals surface area (Å²) < 4.78 is 0. The Kier molecular flexibility index (Phi) is 5.41. The van der Waals surface area contributed by atoms with Gasteiger partial charge in [-0.3, -0.25) is 4.79 Å². The van der Waals surface area contributed by atoms with E-state index in [4.69, 9.17) is 0 Å². The van der Waals surface area contributed by atoms with Crippen molar-refractivity contribution in [3.63, 3.8) is 0 Å². The molecule has 1 aliphatic heterocycles. The molecule has 0 radical (unpaired) electrons. The van der Waals surface area contributed by atoms with Crippen molar-refractivity contribution in [2.75, 3.05) is 24.5 Å². The van der Waals surface area contributed by atoms with Crippen LogP contribution in [0.2, 0.25) is 0 Å². The molecule has 0 spiro atoms. The molecule has 0 unspecified atom stereocenters. The monoisotopic (exact) mass is 324 g/mol. The predicted octanol–water partition coefficient (Wildman–Crippen LogP) is 3.65. The highest BCUT2D eigenvalue weighted by molar-refractivity contribution is 5.93. The molecule has 3 rings (SSSR count). The Morgan fingerprint density at radius 1 is 1.04 bits per heavy atom. The molecule has 1 aliphatic rings. The quantitative estimate of drug-likeness (QED) is 0.861. The fraction of sp³-hybridized carbons (Fsp3) is 0.421. The van der Waals surface area contributed by atoms with Crippen LogP contribution in [0.1, 0.15) is 43.0 Å². The van der Waals surface area contributed by atoms with Gasteiger partial charge in [-0.05, 0) is 31.9 Å². The van der Waals surface area contributed by atoms with E-state index in [0.717, 1.165) is 38.2 Å². The molecule has 1 aromatic heterocycles. The van der Waals surface area contributed by atoms with Crippen molar-refractivity contribution in [2.24, 2.45) is 0 Å². The Morgan fingerprint density at radius 3 is 2.25 bits per heavy atom. The lowest BCUT2D eigenvalue weighted by molar-refractivity contribution is 0.0761. The SMILES string of the molecule is CCN(c1ccccc1)c1ncc(C(=O)N2CCCCCC2)cn1. The number of para-hydroxylation sites is 1. The Bertz CT molecular complexity index is 649. The fourth-order valence-electron chi connectivity index (χ4n) is 3.07. The van der Waals surface area contributed by atoms with Crippen molar-refractivity contribution in [1.82, 2.24) is 14.9 Å². The molecule has 5 nitrogen and oxygen atoms in total. The van der Waals surface area contributed by atoms with Crippen molar-refractivity contribution >= 4 is 17.5 Å². The van der Waals surface area contributed by atoms with Crippen LogP contribution in [0, 0.1) is 0 Å². The third-order valence-corrected chi connectivity index (χ3v) is 4.40. The molecular weight excluding hydrogens is 300 g/mol. The van der Waals surface area contributed by atoms with Gasteiger partial charge in [0, 0.05) is 37.7 Å². The number of likely N-dealkylation sites (tertiary alicyclic amines) is 1. The minimum absolute atomic E-state index is 0.0474. The van der Waals surface area contributed by atoms with Crippen LogP contribution in [0.25, 0.3) is 0 Å². The van der Waals surface area contributed by atoms with Gasteiger partial charge < -0.3 is 9.80 Å². The van der Waals surface area contributed by atoms with Gasteiger partial charge >= 0.3 is 0 Å². The van der Waals surface area contributed by atoms with Crippen LogP contribution in [-0.4, -0.2) is 40.4 Å². The van der Waals surface area contributed by atoms with Crippen molar-refractivity contribution < 1.29 is 4.79 Å². The predicted molar refractivity (Wildman–Crippen MR) is 95.5 cm³/mol. The number of amides is 1. The lowest BCUT2D eigenvalue weighted by Gasteiger charge is -2.22. The molecule has 126 valence electrons. The Balaban J connectivity index is 1.75. The highest BCUT2D eigenvalue weighted by Crippen LogP contribution is 2.21. The second-order valence-corrected chi connectivity index (χ2v) is 6.06. The molecule has 0 atom stereocenters. The zero-order valence-corrected chi connectivity index (χ0v) is 14.2. The second-order valence-electron chi connectivity index (χ2n) is 6.06. The number of hydrogen-bond acceptors (Lipinski definition) is 4. The second kappa shape index (κ2) is 7.90. The third kappa shape index (κ3) is 3.72. The van der Waals surface area contributed by atoms with E-state index in [2.05, 4.69) is 16.9 Å². The standard InChI is InChI=1S/C19H24N4O/c1-2-23(17-10-6-5-7-11-17)19-20-14-16(15-21-19)18(24)22-12-8-3-4-9-13-22/h5-7,10-11,14-15H,2-4,8-9,12-13H2,1H3. The summed E-state index contributed by atoms with van der Waals surface area (Å²) in [6.07, 6.45) is 7.90. The molecule has 24 heavy (non-hydrogen) atoms. The summed E-state index contributed by atoms with van der Waals surface area (Å²) in [7, 11) is 0. The zero-order valence-electron chi connectivity index (χ0n) is 14.2. The van der Waals surface area contributed by atoms with Crippen LogP contribution in [-0.2, 0) is 0 Å². The first kappa shape index (κ1) is 16.4. The highest BCUT2D eigenvalue weighted by atomic mass is 16.2. The average Bonchev–Trinajstić information content (AvgIpc) is 2.93. The molecular formula is C19H24N4O. The topological polar surface area (TPSA) is 49.3 Å². The summed E-state index contributed by atoms with van der Waals surface area (Å²) in [5.41, 5.74) is 1.62. The van der Waals surface area contributed by atoms with E-state index < -0.39 is 0 Å². The summed E-state index contributed by atoms with van der Waals surface area (Å²) in [5, 5.41) is 0. The Hall–Kier alpha value is -2.43. The smallest absolute Gasteiger partial charge is 0.256 e. The van der Waals surface area contributed by atoms with E-state index in [-0.39, 0.29) is 5.91 Å². The number of rotatable bonds is 4. The van der Waals surface area contributed by atoms with Crippen LogP contribution in [0.3, 0.4) is 0 Å². The summed E-state index contributed by atoms with van der Waals surface area (Å²) in [6.45, 7) is 4.51. The molecule has 0 bridgehead atoms. The summed E-state index contributed by atoms with van der Waals surface area (Å²) >= 11 is 0. The summed E-state index contributed by atoms with van der Waals surface area (Å²) in [4.78, 5) is 25.4. The van der Waals surface area contributed by atoms with E-state index in [0.29, 0.717) is 11.5 Å². The zero-order chi connectivity index (χ0) is 16.8. The van der Waals surface area contributed by atoms with Gasteiger partial charge in [0.25, 0.3) is 5.91 Å². The van der Waals surface area contributed by atoms with Gasteiger partial charge in [0.15, 0.2) is 0 Å². The third-order valence-electron chi connectivity index (χ3n) is 4.40. The van der Waals surface area contributed by atoms with Gasteiger partial charge in [-0.25, -0.2) is 9.97 Å². The van der Waals surface area contributed by atoms with Gasteiger partial charge in [-0.15, -0.1) is 0 Å². The number of aromatic nitrogens is 2. The van der Waals surface area contributed by atoms with E-state index in [1.165, 1.54) is 12.8 Å². The maximum absolute atomic E-state index is 12.6. The molecule has 0 N–H and O–H groups in total. The van der Waals surface area contributed by atoms with Gasteiger partial charge in [0.1, 0.15) is 0 Å². The molecule has 2 heterocycles. The Morgan fingerprint density at radius 2 is 1.67 bits per heavy atom. The van der Waals surface area contributed by atoms with Crippen LogP contribution in [0.5, 0.6) is 0 Å². The lowest BCUT2D eigenvalue weighted by Crippen LogP contribution is -2.32. The number of benzene rings is 1. The maximum Gasteiger partial charge on any atom is 0.256 e. The number of carbonyl (C=O) groups excluding carboxylic acids is 1. The largest absolute Gasteiger partial charge is 0.339 e. The number of nitrogens with zero attached hydrogens (tertiary/aromatic N) is 4. The molecule has 0 aliphatic carbocycles. The van der Waals surface area contributed by atoms with Crippen molar-refractivity contribution in [2.45, 2.75) is 32.6 Å². The molecule has 5 heteroatoms. The number of hydrogen-bond donors (Lipinski definition) is 0. The van der Waals surface area contributed by atoms with E-state index >= 15 is 0 Å². The molecule has 2 aromatic rings. The van der Waals surface area contributed by atoms with Crippen molar-refractivity contribution in [1.29, 1.82) is 0 Å². The molecule has 0 saturated carbocycles. The molecule has 1 amide bonds. The van der Waals surface area contributed by atoms with E-state index in [1.807, 2.05) is 40.1 Å². The average molecular weight is 324 g/mol. The summed E-state index contributed by atoms with van der Waals surface area (Å²) in [6, 6.07) is 10.0. The molecule has 1 saturated heterocycles. The first-order valence-corrected chi connectivity index (χ1v) is 8.73. The van der Waals surface area contributed by atoms with Crippen LogP contribution in [0.4, 0.5) is 11.6 Å². The van der Waals surface area contributed by atoms with Crippen LogP contribution < -0.4 is 4.90 Å². The van der Waals surface area contributed by atoms with E-state index in [1.54, 1.807) is 12.4 Å². The lowest BCUT2D eigenvalue weighted by atomic mass is 10.2. The normalized spacial score (nSPS) is 15.0. The Labute approximate surface area is 143 Å². The van der Waals surface area contributed by atoms with Crippen LogP contribution >= 0.6 is 0 Å². The number of anilines is 2. The highest BCUT2D eigenvalue weighted by Gasteiger charge is 2.18. The van der Waals surface area contributed by atoms with Gasteiger partial charge in [-0.2, -0.15) is 0 Å². The minimum Gasteiger partial charge on any atom is -0.339 e. The van der Waals surface area contributed by atoms with E-state index in [9.17, 15) is 4.79 Å². The number of carbonyl (C=O) groups is 1. The van der Waals surface area contributed by atoms with Crippen LogP contribution in [0.15, 0.2) is 42.7 Å². The maximum atomic E-state index is 12.6. The minimum atomic E-state index is 0.0474.